The highest BCUT2D eigenvalue weighted by Gasteiger charge is 2.36. The van der Waals surface area contributed by atoms with Gasteiger partial charge in [-0.25, -0.2) is 0 Å². The number of carbonyl (C=O) groups is 2. The molecule has 0 aliphatic carbocycles. The SMILES string of the molecule is N#CC(=C1Oc2ccccc2N1CCC(=O)O)c1oc2ccccc2[n+]1CCC(=O)O. The summed E-state index contributed by atoms with van der Waals surface area (Å²) >= 11 is 0. The lowest BCUT2D eigenvalue weighted by Crippen LogP contribution is -2.38. The lowest BCUT2D eigenvalue weighted by molar-refractivity contribution is -0.677. The normalized spacial score (nSPS) is 14.1. The number of benzene rings is 2. The molecule has 1 aromatic heterocycles. The minimum absolute atomic E-state index is 0.0446. The van der Waals surface area contributed by atoms with E-state index >= 15 is 0 Å². The van der Waals surface area contributed by atoms with Gasteiger partial charge >= 0.3 is 17.8 Å². The number of nitrogens with zero attached hydrogens (tertiary/aromatic N) is 3. The first kappa shape index (κ1) is 20.0. The van der Waals surface area contributed by atoms with Gasteiger partial charge in [-0.15, -0.1) is 0 Å². The number of aliphatic carboxylic acids is 2. The Bertz CT molecular complexity index is 1250. The average Bonchev–Trinajstić information content (AvgIpc) is 3.29. The number of hydrogen-bond donors (Lipinski definition) is 2. The Morgan fingerprint density at radius 3 is 2.48 bits per heavy atom. The number of carboxylic acids is 2. The van der Waals surface area contributed by atoms with Gasteiger partial charge in [-0.05, 0) is 18.2 Å². The maximum absolute atomic E-state index is 11.2. The molecule has 0 fully saturated rings. The van der Waals surface area contributed by atoms with Crippen molar-refractivity contribution >= 4 is 34.3 Å². The molecule has 0 bridgehead atoms. The fraction of sp³-hybridized carbons (Fsp3) is 0.182. The molecular weight excluding hydrogens is 402 g/mol. The second-order valence-corrected chi connectivity index (χ2v) is 6.83. The summed E-state index contributed by atoms with van der Waals surface area (Å²) in [5.74, 6) is -1.19. The Hall–Kier alpha value is -4.32. The van der Waals surface area contributed by atoms with Crippen LogP contribution in [-0.4, -0.2) is 28.7 Å². The van der Waals surface area contributed by atoms with E-state index in [1.54, 1.807) is 58.0 Å². The van der Waals surface area contributed by atoms with Crippen molar-refractivity contribution in [2.45, 2.75) is 19.4 Å². The molecule has 0 amide bonds. The fourth-order valence-corrected chi connectivity index (χ4v) is 3.49. The molecule has 9 heteroatoms. The van der Waals surface area contributed by atoms with Crippen molar-refractivity contribution in [1.82, 2.24) is 0 Å². The molecule has 2 heterocycles. The van der Waals surface area contributed by atoms with E-state index in [0.717, 1.165) is 0 Å². The van der Waals surface area contributed by atoms with Crippen molar-refractivity contribution in [3.8, 4) is 11.8 Å². The van der Waals surface area contributed by atoms with E-state index in [0.29, 0.717) is 22.5 Å². The van der Waals surface area contributed by atoms with E-state index in [1.807, 2.05) is 0 Å². The molecule has 0 atom stereocenters. The Labute approximate surface area is 176 Å². The number of oxazole rings is 1. The molecule has 2 aromatic carbocycles. The highest BCUT2D eigenvalue weighted by atomic mass is 16.5. The lowest BCUT2D eigenvalue weighted by Gasteiger charge is -2.17. The van der Waals surface area contributed by atoms with Crippen LogP contribution in [0.4, 0.5) is 5.69 Å². The van der Waals surface area contributed by atoms with Gasteiger partial charge in [0.05, 0.1) is 12.1 Å². The van der Waals surface area contributed by atoms with Crippen LogP contribution in [0.5, 0.6) is 5.75 Å². The zero-order valence-electron chi connectivity index (χ0n) is 16.3. The molecule has 0 radical (unpaired) electrons. The molecule has 2 N–H and O–H groups in total. The van der Waals surface area contributed by atoms with Gasteiger partial charge in [0.25, 0.3) is 5.52 Å². The summed E-state index contributed by atoms with van der Waals surface area (Å²) in [7, 11) is 0. The van der Waals surface area contributed by atoms with Gasteiger partial charge in [0.2, 0.25) is 17.0 Å². The minimum Gasteiger partial charge on any atom is -0.481 e. The van der Waals surface area contributed by atoms with Gasteiger partial charge in [0.15, 0.2) is 12.3 Å². The Morgan fingerprint density at radius 1 is 1.03 bits per heavy atom. The van der Waals surface area contributed by atoms with Gasteiger partial charge in [-0.2, -0.15) is 9.83 Å². The van der Waals surface area contributed by atoms with Crippen LogP contribution in [0.2, 0.25) is 0 Å². The largest absolute Gasteiger partial charge is 0.481 e. The summed E-state index contributed by atoms with van der Waals surface area (Å²) in [6.07, 6.45) is -0.335. The van der Waals surface area contributed by atoms with Crippen LogP contribution < -0.4 is 14.2 Å². The zero-order valence-corrected chi connectivity index (χ0v) is 16.3. The highest BCUT2D eigenvalue weighted by Crippen LogP contribution is 2.41. The molecule has 0 saturated heterocycles. The number of anilines is 1. The van der Waals surface area contributed by atoms with E-state index < -0.39 is 11.9 Å². The van der Waals surface area contributed by atoms with Crippen LogP contribution in [0.25, 0.3) is 16.7 Å². The molecule has 4 rings (SSSR count). The number of aromatic nitrogens is 1. The van der Waals surface area contributed by atoms with Crippen LogP contribution in [-0.2, 0) is 16.1 Å². The first-order valence-electron chi connectivity index (χ1n) is 9.53. The number of nitriles is 1. The number of aryl methyl sites for hydroxylation is 1. The van der Waals surface area contributed by atoms with Gasteiger partial charge in [-0.3, -0.25) is 9.59 Å². The number of para-hydroxylation sites is 4. The fourth-order valence-electron chi connectivity index (χ4n) is 3.49. The van der Waals surface area contributed by atoms with Gasteiger partial charge < -0.3 is 24.3 Å². The summed E-state index contributed by atoms with van der Waals surface area (Å²) in [6.45, 7) is 0.171. The van der Waals surface area contributed by atoms with Crippen molar-refractivity contribution < 1.29 is 33.5 Å². The van der Waals surface area contributed by atoms with E-state index in [2.05, 4.69) is 6.07 Å². The standard InChI is InChI=1S/C22H17N3O6/c23-13-14(21-24(11-9-19(26)27)15-5-1-3-7-17(15)30-21)22-25(12-10-20(28)29)16-6-2-4-8-18(16)31-22/h1-8H,9-12H2,(H-,26,27,28,29)/p+1. The molecule has 3 aromatic rings. The van der Waals surface area contributed by atoms with Crippen LogP contribution in [0.3, 0.4) is 0 Å². The van der Waals surface area contributed by atoms with Crippen molar-refractivity contribution in [2.24, 2.45) is 0 Å². The lowest BCUT2D eigenvalue weighted by atomic mass is 10.2. The van der Waals surface area contributed by atoms with E-state index in [9.17, 15) is 14.9 Å². The number of rotatable bonds is 7. The predicted octanol–water partition coefficient (Wildman–Crippen LogP) is 2.76. The third kappa shape index (κ3) is 3.79. The smallest absolute Gasteiger partial charge is 0.398 e. The number of carboxylic acid groups (broad SMARTS) is 2. The second-order valence-electron chi connectivity index (χ2n) is 6.83. The number of hydrogen-bond acceptors (Lipinski definition) is 6. The third-order valence-corrected chi connectivity index (χ3v) is 4.85. The molecule has 31 heavy (non-hydrogen) atoms. The second kappa shape index (κ2) is 8.20. The predicted molar refractivity (Wildman–Crippen MR) is 108 cm³/mol. The maximum Gasteiger partial charge on any atom is 0.398 e. The Kier molecular flexibility index (Phi) is 5.28. The molecule has 0 unspecified atom stereocenters. The summed E-state index contributed by atoms with van der Waals surface area (Å²) in [6, 6.07) is 16.2. The van der Waals surface area contributed by atoms with Crippen LogP contribution in [0, 0.1) is 11.3 Å². The Morgan fingerprint density at radius 2 is 1.74 bits per heavy atom. The molecular formula is C22H18N3O6+. The molecule has 1 aliphatic heterocycles. The molecule has 9 nitrogen and oxygen atoms in total. The van der Waals surface area contributed by atoms with E-state index in [-0.39, 0.29) is 43.3 Å². The minimum atomic E-state index is -0.984. The molecule has 1 aliphatic rings. The third-order valence-electron chi connectivity index (χ3n) is 4.85. The first-order valence-corrected chi connectivity index (χ1v) is 9.53. The molecule has 156 valence electrons. The van der Waals surface area contributed by atoms with Gasteiger partial charge in [0, 0.05) is 12.6 Å². The van der Waals surface area contributed by atoms with Gasteiger partial charge in [0.1, 0.15) is 12.5 Å². The van der Waals surface area contributed by atoms with Crippen molar-refractivity contribution in [1.29, 1.82) is 5.26 Å². The average molecular weight is 420 g/mol. The molecule has 0 spiro atoms. The van der Waals surface area contributed by atoms with E-state index in [4.69, 9.17) is 19.4 Å². The van der Waals surface area contributed by atoms with E-state index in [1.165, 1.54) is 0 Å². The van der Waals surface area contributed by atoms with Crippen LogP contribution >= 0.6 is 0 Å². The summed E-state index contributed by atoms with van der Waals surface area (Å²) in [5.41, 5.74) is 1.81. The number of allylic oxidation sites excluding steroid dienone is 1. The molecule has 0 saturated carbocycles. The van der Waals surface area contributed by atoms with Crippen molar-refractivity contribution in [3.63, 3.8) is 0 Å². The van der Waals surface area contributed by atoms with Crippen molar-refractivity contribution in [2.75, 3.05) is 11.4 Å². The number of ether oxygens (including phenoxy) is 1. The van der Waals surface area contributed by atoms with Crippen LogP contribution in [0.15, 0.2) is 58.8 Å². The maximum atomic E-state index is 11.2. The number of fused-ring (bicyclic) bond motifs is 2. The summed E-state index contributed by atoms with van der Waals surface area (Å²) in [5, 5.41) is 28.3. The topological polar surface area (TPSA) is 128 Å². The first-order chi connectivity index (χ1) is 15.0. The Balaban J connectivity index is 1.88. The van der Waals surface area contributed by atoms with Crippen LogP contribution in [0.1, 0.15) is 18.7 Å². The summed E-state index contributed by atoms with van der Waals surface area (Å²) in [4.78, 5) is 24.0. The summed E-state index contributed by atoms with van der Waals surface area (Å²) < 4.78 is 13.5. The zero-order chi connectivity index (χ0) is 22.0. The monoisotopic (exact) mass is 420 g/mol. The quantitative estimate of drug-likeness (QED) is 0.441. The highest BCUT2D eigenvalue weighted by molar-refractivity contribution is 5.82. The van der Waals surface area contributed by atoms with Crippen molar-refractivity contribution in [3.05, 3.63) is 60.3 Å². The van der Waals surface area contributed by atoms with Gasteiger partial charge in [-0.1, -0.05) is 24.3 Å².